The van der Waals surface area contributed by atoms with E-state index in [1.165, 1.54) is 0 Å². The molecule has 0 radical (unpaired) electrons. The van der Waals surface area contributed by atoms with Gasteiger partial charge in [0.1, 0.15) is 11.5 Å². The van der Waals surface area contributed by atoms with Gasteiger partial charge in [-0.25, -0.2) is 0 Å². The van der Waals surface area contributed by atoms with Gasteiger partial charge in [0.25, 0.3) is 5.91 Å². The van der Waals surface area contributed by atoms with E-state index >= 15 is 0 Å². The fraction of sp³-hybridized carbons (Fsp3) is 0.235. The average Bonchev–Trinajstić information content (AvgIpc) is 3.09. The largest absolute Gasteiger partial charge is 0.351 e. The third-order valence-corrected chi connectivity index (χ3v) is 3.96. The molecule has 0 spiro atoms. The molecule has 0 saturated carbocycles. The summed E-state index contributed by atoms with van der Waals surface area (Å²) in [5, 5.41) is 10.6. The Morgan fingerprint density at radius 3 is 2.67 bits per heavy atom. The lowest BCUT2D eigenvalue weighted by Crippen LogP contribution is -2.33. The van der Waals surface area contributed by atoms with Gasteiger partial charge in [-0.05, 0) is 26.0 Å². The molecule has 0 aliphatic rings. The number of fused-ring (bicyclic) bond motifs is 1. The summed E-state index contributed by atoms with van der Waals surface area (Å²) < 4.78 is 1.61. The van der Waals surface area contributed by atoms with Crippen LogP contribution in [0.4, 0.5) is 5.82 Å². The number of amides is 2. The van der Waals surface area contributed by atoms with Gasteiger partial charge >= 0.3 is 0 Å². The van der Waals surface area contributed by atoms with Gasteiger partial charge in [-0.15, -0.1) is 0 Å². The minimum atomic E-state index is -0.320. The van der Waals surface area contributed by atoms with Crippen LogP contribution in [0.5, 0.6) is 0 Å². The Morgan fingerprint density at radius 1 is 1.25 bits per heavy atom. The van der Waals surface area contributed by atoms with Gasteiger partial charge in [0.15, 0.2) is 0 Å². The quantitative estimate of drug-likeness (QED) is 0.684. The Balaban J connectivity index is 1.62. The summed E-state index contributed by atoms with van der Waals surface area (Å²) >= 11 is 0. The Bertz CT molecular complexity index is 889. The van der Waals surface area contributed by atoms with Gasteiger partial charge in [0.2, 0.25) is 5.91 Å². The van der Waals surface area contributed by atoms with E-state index in [9.17, 15) is 9.59 Å². The summed E-state index contributed by atoms with van der Waals surface area (Å²) in [6.07, 6.45) is 0. The first-order chi connectivity index (χ1) is 11.5. The molecule has 0 atom stereocenters. The molecule has 7 heteroatoms. The number of hydrogen-bond acceptors (Lipinski definition) is 3. The SMILES string of the molecule is Cc1nn(C)c(NC(=O)CNC(=O)c2cc3ccccc3[nH]2)c1C. The van der Waals surface area contributed by atoms with E-state index in [1.807, 2.05) is 38.1 Å². The van der Waals surface area contributed by atoms with Crippen LogP contribution in [0.2, 0.25) is 0 Å². The highest BCUT2D eigenvalue weighted by Crippen LogP contribution is 2.17. The zero-order valence-electron chi connectivity index (χ0n) is 13.8. The second kappa shape index (κ2) is 6.19. The molecule has 1 aromatic carbocycles. The van der Waals surface area contributed by atoms with E-state index in [1.54, 1.807) is 17.8 Å². The molecule has 0 unspecified atom stereocenters. The van der Waals surface area contributed by atoms with Crippen molar-refractivity contribution in [1.29, 1.82) is 0 Å². The number of aromatic nitrogens is 3. The smallest absolute Gasteiger partial charge is 0.268 e. The Morgan fingerprint density at radius 2 is 2.00 bits per heavy atom. The summed E-state index contributed by atoms with van der Waals surface area (Å²) in [4.78, 5) is 27.3. The molecule has 3 aromatic rings. The van der Waals surface area contributed by atoms with Crippen LogP contribution in [0.15, 0.2) is 30.3 Å². The number of rotatable bonds is 4. The van der Waals surface area contributed by atoms with Gasteiger partial charge in [0.05, 0.1) is 12.2 Å². The lowest BCUT2D eigenvalue weighted by atomic mass is 10.2. The maximum Gasteiger partial charge on any atom is 0.268 e. The summed E-state index contributed by atoms with van der Waals surface area (Å²) in [5.41, 5.74) is 3.08. The monoisotopic (exact) mass is 325 g/mol. The lowest BCUT2D eigenvalue weighted by molar-refractivity contribution is -0.115. The van der Waals surface area contributed by atoms with Gasteiger partial charge in [-0.3, -0.25) is 14.3 Å². The number of H-pyrrole nitrogens is 1. The van der Waals surface area contributed by atoms with Crippen molar-refractivity contribution < 1.29 is 9.59 Å². The van der Waals surface area contributed by atoms with Crippen molar-refractivity contribution in [2.45, 2.75) is 13.8 Å². The summed E-state index contributed by atoms with van der Waals surface area (Å²) in [6.45, 7) is 3.65. The second-order valence-corrected chi connectivity index (χ2v) is 5.68. The summed E-state index contributed by atoms with van der Waals surface area (Å²) in [5.74, 6) is 0.0159. The minimum absolute atomic E-state index is 0.113. The number of nitrogens with one attached hydrogen (secondary N) is 3. The van der Waals surface area contributed by atoms with Crippen molar-refractivity contribution in [3.8, 4) is 0 Å². The number of aryl methyl sites for hydroxylation is 2. The van der Waals surface area contributed by atoms with Crippen molar-refractivity contribution >= 4 is 28.5 Å². The zero-order chi connectivity index (χ0) is 17.3. The summed E-state index contributed by atoms with van der Waals surface area (Å²) in [7, 11) is 1.76. The minimum Gasteiger partial charge on any atom is -0.351 e. The Kier molecular flexibility index (Phi) is 4.07. The molecule has 0 fully saturated rings. The predicted molar refractivity (Wildman–Crippen MR) is 91.9 cm³/mol. The fourth-order valence-corrected chi connectivity index (χ4v) is 2.57. The average molecular weight is 325 g/mol. The predicted octanol–water partition coefficient (Wildman–Crippen LogP) is 1.89. The van der Waals surface area contributed by atoms with Gasteiger partial charge in [-0.2, -0.15) is 5.10 Å². The highest BCUT2D eigenvalue weighted by atomic mass is 16.2. The van der Waals surface area contributed by atoms with Crippen LogP contribution < -0.4 is 10.6 Å². The number of benzene rings is 1. The van der Waals surface area contributed by atoms with Crippen molar-refractivity contribution in [3.63, 3.8) is 0 Å². The standard InChI is InChI=1S/C17H19N5O2/c1-10-11(2)21-22(3)16(10)20-15(23)9-18-17(24)14-8-12-6-4-5-7-13(12)19-14/h4-8,19H,9H2,1-3H3,(H,18,24)(H,20,23). The molecule has 2 aromatic heterocycles. The van der Waals surface area contributed by atoms with Crippen molar-refractivity contribution in [2.24, 2.45) is 7.05 Å². The van der Waals surface area contributed by atoms with Crippen LogP contribution >= 0.6 is 0 Å². The molecular weight excluding hydrogens is 306 g/mol. The van der Waals surface area contributed by atoms with E-state index in [4.69, 9.17) is 0 Å². The van der Waals surface area contributed by atoms with Gasteiger partial charge in [-0.1, -0.05) is 18.2 Å². The third-order valence-electron chi connectivity index (χ3n) is 3.96. The molecule has 7 nitrogen and oxygen atoms in total. The fourth-order valence-electron chi connectivity index (χ4n) is 2.57. The number of para-hydroxylation sites is 1. The number of nitrogens with zero attached hydrogens (tertiary/aromatic N) is 2. The molecule has 2 amide bonds. The number of carbonyl (C=O) groups is 2. The Labute approximate surface area is 139 Å². The van der Waals surface area contributed by atoms with Crippen molar-refractivity contribution in [2.75, 3.05) is 11.9 Å². The zero-order valence-corrected chi connectivity index (χ0v) is 13.8. The van der Waals surface area contributed by atoms with Crippen LogP contribution in [0.25, 0.3) is 10.9 Å². The van der Waals surface area contributed by atoms with Gasteiger partial charge < -0.3 is 15.6 Å². The van der Waals surface area contributed by atoms with E-state index in [0.29, 0.717) is 11.5 Å². The molecule has 0 bridgehead atoms. The van der Waals surface area contributed by atoms with Crippen LogP contribution in [0, 0.1) is 13.8 Å². The topological polar surface area (TPSA) is 91.8 Å². The van der Waals surface area contributed by atoms with E-state index in [0.717, 1.165) is 22.2 Å². The third kappa shape index (κ3) is 3.01. The maximum absolute atomic E-state index is 12.2. The molecule has 2 heterocycles. The van der Waals surface area contributed by atoms with Crippen LogP contribution in [-0.4, -0.2) is 33.1 Å². The Hall–Kier alpha value is -3.09. The first-order valence-electron chi connectivity index (χ1n) is 7.61. The van der Waals surface area contributed by atoms with Gasteiger partial charge in [0, 0.05) is 23.5 Å². The number of anilines is 1. The summed E-state index contributed by atoms with van der Waals surface area (Å²) in [6, 6.07) is 9.38. The van der Waals surface area contributed by atoms with Crippen molar-refractivity contribution in [1.82, 2.24) is 20.1 Å². The van der Waals surface area contributed by atoms with E-state index in [-0.39, 0.29) is 18.4 Å². The molecule has 124 valence electrons. The maximum atomic E-state index is 12.2. The normalized spacial score (nSPS) is 10.8. The highest BCUT2D eigenvalue weighted by molar-refractivity contribution is 6.01. The van der Waals surface area contributed by atoms with E-state index < -0.39 is 0 Å². The molecule has 3 N–H and O–H groups in total. The van der Waals surface area contributed by atoms with Crippen molar-refractivity contribution in [3.05, 3.63) is 47.3 Å². The van der Waals surface area contributed by atoms with Crippen LogP contribution in [0.3, 0.4) is 0 Å². The molecule has 24 heavy (non-hydrogen) atoms. The molecular formula is C17H19N5O2. The lowest BCUT2D eigenvalue weighted by Gasteiger charge is -2.07. The van der Waals surface area contributed by atoms with Crippen LogP contribution in [-0.2, 0) is 11.8 Å². The molecule has 0 aliphatic heterocycles. The first-order valence-corrected chi connectivity index (χ1v) is 7.61. The van der Waals surface area contributed by atoms with Crippen LogP contribution in [0.1, 0.15) is 21.7 Å². The number of hydrogen-bond donors (Lipinski definition) is 3. The van der Waals surface area contributed by atoms with E-state index in [2.05, 4.69) is 20.7 Å². The second-order valence-electron chi connectivity index (χ2n) is 5.68. The number of aromatic amines is 1. The molecule has 0 saturated heterocycles. The first kappa shape index (κ1) is 15.8. The number of carbonyl (C=O) groups excluding carboxylic acids is 2. The highest BCUT2D eigenvalue weighted by Gasteiger charge is 2.14. The molecule has 0 aliphatic carbocycles. The molecule has 3 rings (SSSR count).